The fraction of sp³-hybridized carbons (Fsp3) is 0.294. The average molecular weight is 288 g/mol. The van der Waals surface area contributed by atoms with Crippen molar-refractivity contribution in [2.75, 3.05) is 19.8 Å². The first-order valence-electron chi connectivity index (χ1n) is 6.80. The van der Waals surface area contributed by atoms with Gasteiger partial charge in [-0.05, 0) is 11.1 Å². The van der Waals surface area contributed by atoms with Gasteiger partial charge < -0.3 is 20.4 Å². The molecule has 4 heteroatoms. The smallest absolute Gasteiger partial charge is 0.127 e. The highest BCUT2D eigenvalue weighted by Gasteiger charge is 2.52. The molecule has 0 aliphatic rings. The fourth-order valence-electron chi connectivity index (χ4n) is 2.63. The van der Waals surface area contributed by atoms with Gasteiger partial charge in [0, 0.05) is 0 Å². The van der Waals surface area contributed by atoms with Crippen molar-refractivity contribution in [3.8, 4) is 0 Å². The second-order valence-electron chi connectivity index (χ2n) is 5.20. The van der Waals surface area contributed by atoms with Crippen LogP contribution in [0.3, 0.4) is 0 Å². The van der Waals surface area contributed by atoms with Crippen LogP contribution >= 0.6 is 0 Å². The molecule has 2 aromatic carbocycles. The molecule has 0 fully saturated rings. The second kappa shape index (κ2) is 6.37. The third-order valence-electron chi connectivity index (χ3n) is 4.06. The Morgan fingerprint density at radius 2 is 0.952 bits per heavy atom. The molecule has 112 valence electrons. The van der Waals surface area contributed by atoms with E-state index in [0.29, 0.717) is 11.1 Å². The first-order chi connectivity index (χ1) is 10.1. The summed E-state index contributed by atoms with van der Waals surface area (Å²) in [5, 5.41) is 40.6. The Labute approximate surface area is 123 Å². The average Bonchev–Trinajstić information content (AvgIpc) is 2.58. The molecule has 0 heterocycles. The van der Waals surface area contributed by atoms with E-state index < -0.39 is 30.8 Å². The highest BCUT2D eigenvalue weighted by Crippen LogP contribution is 2.44. The summed E-state index contributed by atoms with van der Waals surface area (Å²) in [4.78, 5) is 0. The molecular formula is C17H20O4. The van der Waals surface area contributed by atoms with E-state index in [9.17, 15) is 20.4 Å². The standard InChI is InChI=1S/C17H20O4/c18-11-16(12-19,13-20)17(21,14-7-3-1-4-8-14)15-9-5-2-6-10-15/h1-10,18-21H,11-13H2. The van der Waals surface area contributed by atoms with Gasteiger partial charge in [-0.2, -0.15) is 0 Å². The summed E-state index contributed by atoms with van der Waals surface area (Å²) in [6.45, 7) is -1.67. The minimum atomic E-state index is -1.70. The Kier molecular flexibility index (Phi) is 4.75. The lowest BCUT2D eigenvalue weighted by molar-refractivity contribution is -0.136. The van der Waals surface area contributed by atoms with Crippen molar-refractivity contribution in [1.29, 1.82) is 0 Å². The van der Waals surface area contributed by atoms with Crippen molar-refractivity contribution >= 4 is 0 Å². The van der Waals surface area contributed by atoms with E-state index in [4.69, 9.17) is 0 Å². The molecule has 0 aromatic heterocycles. The highest BCUT2D eigenvalue weighted by atomic mass is 16.3. The number of benzene rings is 2. The highest BCUT2D eigenvalue weighted by molar-refractivity contribution is 5.39. The van der Waals surface area contributed by atoms with E-state index in [0.717, 1.165) is 0 Å². The molecular weight excluding hydrogens is 268 g/mol. The van der Waals surface area contributed by atoms with Crippen LogP contribution < -0.4 is 0 Å². The van der Waals surface area contributed by atoms with Gasteiger partial charge in [0.25, 0.3) is 0 Å². The molecule has 0 aliphatic carbocycles. The first-order valence-corrected chi connectivity index (χ1v) is 6.80. The Balaban J connectivity index is 2.71. The van der Waals surface area contributed by atoms with Crippen LogP contribution in [0.25, 0.3) is 0 Å². The van der Waals surface area contributed by atoms with Crippen molar-refractivity contribution in [3.63, 3.8) is 0 Å². The van der Waals surface area contributed by atoms with Gasteiger partial charge >= 0.3 is 0 Å². The second-order valence-corrected chi connectivity index (χ2v) is 5.20. The third-order valence-corrected chi connectivity index (χ3v) is 4.06. The molecule has 2 aromatic rings. The summed E-state index contributed by atoms with van der Waals surface area (Å²) in [6, 6.07) is 17.5. The quantitative estimate of drug-likeness (QED) is 0.636. The van der Waals surface area contributed by atoms with Gasteiger partial charge in [-0.25, -0.2) is 0 Å². The predicted molar refractivity (Wildman–Crippen MR) is 79.6 cm³/mol. The van der Waals surface area contributed by atoms with Gasteiger partial charge in [0.15, 0.2) is 0 Å². The van der Waals surface area contributed by atoms with Crippen LogP contribution in [0.2, 0.25) is 0 Å². The van der Waals surface area contributed by atoms with Crippen LogP contribution in [0.1, 0.15) is 11.1 Å². The molecule has 4 N–H and O–H groups in total. The number of hydrogen-bond acceptors (Lipinski definition) is 4. The van der Waals surface area contributed by atoms with Gasteiger partial charge in [-0.3, -0.25) is 0 Å². The summed E-state index contributed by atoms with van der Waals surface area (Å²) in [5.41, 5.74) is -2.18. The van der Waals surface area contributed by atoms with E-state index in [1.807, 2.05) is 12.1 Å². The zero-order chi connectivity index (χ0) is 15.3. The van der Waals surface area contributed by atoms with Gasteiger partial charge in [0.05, 0.1) is 25.2 Å². The minimum Gasteiger partial charge on any atom is -0.395 e. The lowest BCUT2D eigenvalue weighted by Gasteiger charge is -2.45. The zero-order valence-corrected chi connectivity index (χ0v) is 11.7. The molecule has 0 saturated heterocycles. The molecule has 0 atom stereocenters. The molecule has 0 amide bonds. The topological polar surface area (TPSA) is 80.9 Å². The zero-order valence-electron chi connectivity index (χ0n) is 11.7. The third kappa shape index (κ3) is 2.47. The van der Waals surface area contributed by atoms with Crippen LogP contribution in [0.15, 0.2) is 60.7 Å². The summed E-state index contributed by atoms with van der Waals surface area (Å²) >= 11 is 0. The molecule has 21 heavy (non-hydrogen) atoms. The van der Waals surface area contributed by atoms with E-state index in [1.54, 1.807) is 48.5 Å². The maximum Gasteiger partial charge on any atom is 0.127 e. The van der Waals surface area contributed by atoms with Crippen molar-refractivity contribution in [2.24, 2.45) is 5.41 Å². The Hall–Kier alpha value is -1.72. The Morgan fingerprint density at radius 3 is 1.24 bits per heavy atom. The van der Waals surface area contributed by atoms with E-state index >= 15 is 0 Å². The molecule has 0 aliphatic heterocycles. The predicted octanol–water partition coefficient (Wildman–Crippen LogP) is 0.886. The van der Waals surface area contributed by atoms with Crippen LogP contribution in [-0.2, 0) is 5.60 Å². The number of aliphatic hydroxyl groups excluding tert-OH is 3. The number of hydrogen-bond donors (Lipinski definition) is 4. The van der Waals surface area contributed by atoms with Crippen LogP contribution in [0.4, 0.5) is 0 Å². The summed E-state index contributed by atoms with van der Waals surface area (Å²) in [7, 11) is 0. The van der Waals surface area contributed by atoms with E-state index in [2.05, 4.69) is 0 Å². The maximum atomic E-state index is 11.4. The Morgan fingerprint density at radius 1 is 0.619 bits per heavy atom. The SMILES string of the molecule is OCC(CO)(CO)C(O)(c1ccccc1)c1ccccc1. The van der Waals surface area contributed by atoms with Crippen molar-refractivity contribution in [3.05, 3.63) is 71.8 Å². The Bertz CT molecular complexity index is 502. The molecule has 2 rings (SSSR count). The molecule has 0 bridgehead atoms. The summed E-state index contributed by atoms with van der Waals surface area (Å²) < 4.78 is 0. The van der Waals surface area contributed by atoms with Gasteiger partial charge in [-0.15, -0.1) is 0 Å². The van der Waals surface area contributed by atoms with E-state index in [1.165, 1.54) is 0 Å². The number of aliphatic hydroxyl groups is 4. The largest absolute Gasteiger partial charge is 0.395 e. The molecule has 4 nitrogen and oxygen atoms in total. The molecule has 0 unspecified atom stereocenters. The fourth-order valence-corrected chi connectivity index (χ4v) is 2.63. The van der Waals surface area contributed by atoms with Crippen LogP contribution in [-0.4, -0.2) is 40.2 Å². The monoisotopic (exact) mass is 288 g/mol. The number of rotatable bonds is 6. The van der Waals surface area contributed by atoms with Gasteiger partial charge in [-0.1, -0.05) is 60.7 Å². The summed E-state index contributed by atoms with van der Waals surface area (Å²) in [5.74, 6) is 0. The molecule has 0 spiro atoms. The molecule has 0 saturated carbocycles. The minimum absolute atomic E-state index is 0.508. The van der Waals surface area contributed by atoms with Crippen molar-refractivity contribution < 1.29 is 20.4 Å². The van der Waals surface area contributed by atoms with Crippen LogP contribution in [0.5, 0.6) is 0 Å². The maximum absolute atomic E-state index is 11.4. The lowest BCUT2D eigenvalue weighted by Crippen LogP contribution is -2.54. The van der Waals surface area contributed by atoms with Crippen molar-refractivity contribution in [1.82, 2.24) is 0 Å². The van der Waals surface area contributed by atoms with Gasteiger partial charge in [0.1, 0.15) is 5.60 Å². The normalized spacial score (nSPS) is 12.4. The summed E-state index contributed by atoms with van der Waals surface area (Å²) in [6.07, 6.45) is 0. The van der Waals surface area contributed by atoms with Crippen molar-refractivity contribution in [2.45, 2.75) is 5.60 Å². The molecule has 0 radical (unpaired) electrons. The van der Waals surface area contributed by atoms with E-state index in [-0.39, 0.29) is 0 Å². The van der Waals surface area contributed by atoms with Gasteiger partial charge in [0.2, 0.25) is 0 Å². The lowest BCUT2D eigenvalue weighted by atomic mass is 9.66. The first kappa shape index (κ1) is 15.7. The van der Waals surface area contributed by atoms with Crippen LogP contribution in [0, 0.1) is 5.41 Å².